The molecule has 2 aliphatic rings. The second-order valence-corrected chi connectivity index (χ2v) is 8.05. The number of carbonyl (C=O) groups is 1. The highest BCUT2D eigenvalue weighted by molar-refractivity contribution is 5.92. The second-order valence-electron chi connectivity index (χ2n) is 8.05. The molecule has 1 aliphatic heterocycles. The summed E-state index contributed by atoms with van der Waals surface area (Å²) in [5, 5.41) is 2.89. The van der Waals surface area contributed by atoms with Crippen molar-refractivity contribution in [2.45, 2.75) is 44.9 Å². The third-order valence-corrected chi connectivity index (χ3v) is 5.66. The number of carbonyl (C=O) groups excluding carboxylic acids is 1. The van der Waals surface area contributed by atoms with Crippen LogP contribution in [0.4, 0.5) is 17.6 Å². The number of benzene rings is 1. The van der Waals surface area contributed by atoms with Crippen molar-refractivity contribution in [1.82, 2.24) is 15.2 Å². The predicted molar refractivity (Wildman–Crippen MR) is 103 cm³/mol. The molecule has 1 amide bonds. The first kappa shape index (κ1) is 20.8. The molecule has 1 saturated carbocycles. The highest BCUT2D eigenvalue weighted by atomic mass is 19.4. The van der Waals surface area contributed by atoms with Gasteiger partial charge in [-0.3, -0.25) is 9.69 Å². The highest BCUT2D eigenvalue weighted by Crippen LogP contribution is 2.34. The van der Waals surface area contributed by atoms with Crippen molar-refractivity contribution in [3.63, 3.8) is 0 Å². The summed E-state index contributed by atoms with van der Waals surface area (Å²) in [6, 6.07) is 6.03. The van der Waals surface area contributed by atoms with Gasteiger partial charge in [0.15, 0.2) is 0 Å². The average Bonchev–Trinajstić information content (AvgIpc) is 3.51. The maximum Gasteiger partial charge on any atom is 0.416 e. The van der Waals surface area contributed by atoms with Crippen LogP contribution in [0.2, 0.25) is 0 Å². The van der Waals surface area contributed by atoms with E-state index in [1.165, 1.54) is 12.8 Å². The lowest BCUT2D eigenvalue weighted by Crippen LogP contribution is -2.32. The summed E-state index contributed by atoms with van der Waals surface area (Å²) in [4.78, 5) is 18.6. The first-order valence-corrected chi connectivity index (χ1v) is 10.1. The Kier molecular flexibility index (Phi) is 5.77. The van der Waals surface area contributed by atoms with Crippen molar-refractivity contribution in [3.05, 3.63) is 64.2 Å². The summed E-state index contributed by atoms with van der Waals surface area (Å²) in [6.07, 6.45) is -0.534. The van der Waals surface area contributed by atoms with Gasteiger partial charge in [-0.1, -0.05) is 18.9 Å². The summed E-state index contributed by atoms with van der Waals surface area (Å²) in [6.45, 7) is 1.53. The van der Waals surface area contributed by atoms with Gasteiger partial charge in [0.1, 0.15) is 11.5 Å². The van der Waals surface area contributed by atoms with Crippen molar-refractivity contribution in [2.75, 3.05) is 13.1 Å². The molecular weight excluding hydrogens is 398 g/mol. The summed E-state index contributed by atoms with van der Waals surface area (Å²) in [5.74, 6) is -0.145. The average molecular weight is 421 g/mol. The molecular formula is C22H23F4N3O. The fourth-order valence-corrected chi connectivity index (χ4v) is 3.83. The number of fused-ring (bicyclic) bond motifs is 1. The molecule has 1 N–H and O–H groups in total. The first-order valence-electron chi connectivity index (χ1n) is 10.1. The number of nitrogens with zero attached hydrogens (tertiary/aromatic N) is 2. The number of aromatic nitrogens is 1. The first-order chi connectivity index (χ1) is 14.3. The number of nitrogens with one attached hydrogen (secondary N) is 1. The van der Waals surface area contributed by atoms with Gasteiger partial charge in [-0.05, 0) is 47.7 Å². The quantitative estimate of drug-likeness (QED) is 0.707. The van der Waals surface area contributed by atoms with E-state index in [4.69, 9.17) is 0 Å². The normalized spacial score (nSPS) is 16.9. The minimum Gasteiger partial charge on any atom is -0.351 e. The minimum absolute atomic E-state index is 0.00452. The van der Waals surface area contributed by atoms with Crippen LogP contribution in [0, 0.1) is 11.7 Å². The monoisotopic (exact) mass is 421 g/mol. The van der Waals surface area contributed by atoms with E-state index >= 15 is 0 Å². The number of pyridine rings is 1. The van der Waals surface area contributed by atoms with Crippen molar-refractivity contribution < 1.29 is 22.4 Å². The van der Waals surface area contributed by atoms with Crippen molar-refractivity contribution in [3.8, 4) is 0 Å². The SMILES string of the molecule is O=C(NCCC1CC1)c1ccc2c(n1)CCN(Cc1cc(F)ccc1C(F)(F)F)C2. The van der Waals surface area contributed by atoms with Crippen LogP contribution in [0.5, 0.6) is 0 Å². The lowest BCUT2D eigenvalue weighted by molar-refractivity contribution is -0.138. The molecule has 0 unspecified atom stereocenters. The number of hydrogen-bond acceptors (Lipinski definition) is 3. The van der Waals surface area contributed by atoms with Gasteiger partial charge >= 0.3 is 6.18 Å². The zero-order valence-corrected chi connectivity index (χ0v) is 16.4. The maximum absolute atomic E-state index is 13.6. The third kappa shape index (κ3) is 4.98. The Bertz CT molecular complexity index is 940. The molecule has 0 atom stereocenters. The maximum atomic E-state index is 13.6. The zero-order valence-electron chi connectivity index (χ0n) is 16.4. The van der Waals surface area contributed by atoms with Crippen LogP contribution in [-0.2, 0) is 25.7 Å². The Hall–Kier alpha value is -2.48. The van der Waals surface area contributed by atoms with E-state index in [1.807, 2.05) is 4.90 Å². The van der Waals surface area contributed by atoms with Gasteiger partial charge < -0.3 is 5.32 Å². The summed E-state index contributed by atoms with van der Waals surface area (Å²) in [5.41, 5.74) is 1.14. The summed E-state index contributed by atoms with van der Waals surface area (Å²) >= 11 is 0. The van der Waals surface area contributed by atoms with Gasteiger partial charge in [0.25, 0.3) is 5.91 Å². The number of halogens is 4. The molecule has 160 valence electrons. The second kappa shape index (κ2) is 8.34. The van der Waals surface area contributed by atoms with E-state index in [9.17, 15) is 22.4 Å². The Morgan fingerprint density at radius 2 is 2.00 bits per heavy atom. The predicted octanol–water partition coefficient (Wildman–Crippen LogP) is 4.33. The van der Waals surface area contributed by atoms with Gasteiger partial charge in [0, 0.05) is 38.3 Å². The molecule has 1 aromatic carbocycles. The van der Waals surface area contributed by atoms with Crippen LogP contribution >= 0.6 is 0 Å². The molecule has 4 nitrogen and oxygen atoms in total. The van der Waals surface area contributed by atoms with Crippen LogP contribution in [0.3, 0.4) is 0 Å². The van der Waals surface area contributed by atoms with Crippen molar-refractivity contribution in [1.29, 1.82) is 0 Å². The van der Waals surface area contributed by atoms with Gasteiger partial charge in [-0.15, -0.1) is 0 Å². The fourth-order valence-electron chi connectivity index (χ4n) is 3.83. The molecule has 0 radical (unpaired) electrons. The topological polar surface area (TPSA) is 45.2 Å². The van der Waals surface area contributed by atoms with Gasteiger partial charge in [0.05, 0.1) is 5.56 Å². The van der Waals surface area contributed by atoms with Crippen LogP contribution < -0.4 is 5.32 Å². The van der Waals surface area contributed by atoms with Crippen molar-refractivity contribution in [2.24, 2.45) is 5.92 Å². The van der Waals surface area contributed by atoms with Crippen LogP contribution in [0.25, 0.3) is 0 Å². The molecule has 8 heteroatoms. The molecule has 0 saturated heterocycles. The van der Waals surface area contributed by atoms with E-state index in [0.717, 1.165) is 41.8 Å². The number of amides is 1. The smallest absolute Gasteiger partial charge is 0.351 e. The Morgan fingerprint density at radius 3 is 2.73 bits per heavy atom. The van der Waals surface area contributed by atoms with E-state index < -0.39 is 17.6 Å². The molecule has 0 bridgehead atoms. The summed E-state index contributed by atoms with van der Waals surface area (Å²) < 4.78 is 53.3. The summed E-state index contributed by atoms with van der Waals surface area (Å²) in [7, 11) is 0. The Balaban J connectivity index is 1.42. The fraction of sp³-hybridized carbons (Fsp3) is 0.455. The molecule has 1 fully saturated rings. The minimum atomic E-state index is -4.53. The van der Waals surface area contributed by atoms with Crippen LogP contribution in [-0.4, -0.2) is 28.9 Å². The largest absolute Gasteiger partial charge is 0.416 e. The lowest BCUT2D eigenvalue weighted by atomic mass is 10.0. The van der Waals surface area contributed by atoms with Crippen LogP contribution in [0.15, 0.2) is 30.3 Å². The molecule has 30 heavy (non-hydrogen) atoms. The zero-order chi connectivity index (χ0) is 21.3. The van der Waals surface area contributed by atoms with Gasteiger partial charge in [0.2, 0.25) is 0 Å². The third-order valence-electron chi connectivity index (χ3n) is 5.66. The van der Waals surface area contributed by atoms with E-state index in [2.05, 4.69) is 10.3 Å². The molecule has 4 rings (SSSR count). The standard InChI is InChI=1S/C22H23F4N3O/c23-17-4-5-18(22(24,25)26)16(11-17)13-29-10-8-19-15(12-29)3-6-20(28-19)21(30)27-9-7-14-1-2-14/h3-6,11,14H,1-2,7-10,12-13H2,(H,27,30). The number of rotatable bonds is 6. The number of hydrogen-bond donors (Lipinski definition) is 1. The van der Waals surface area contributed by atoms with E-state index in [0.29, 0.717) is 31.7 Å². The molecule has 0 spiro atoms. The van der Waals surface area contributed by atoms with E-state index in [1.54, 1.807) is 12.1 Å². The Labute approximate surface area is 172 Å². The molecule has 2 heterocycles. The molecule has 2 aromatic rings. The van der Waals surface area contributed by atoms with Crippen molar-refractivity contribution >= 4 is 5.91 Å². The highest BCUT2D eigenvalue weighted by Gasteiger charge is 2.34. The van der Waals surface area contributed by atoms with E-state index in [-0.39, 0.29) is 18.0 Å². The lowest BCUT2D eigenvalue weighted by Gasteiger charge is -2.29. The number of alkyl halides is 3. The van der Waals surface area contributed by atoms with Crippen LogP contribution in [0.1, 0.15) is 52.1 Å². The Morgan fingerprint density at radius 1 is 1.20 bits per heavy atom. The molecule has 1 aromatic heterocycles. The molecule has 1 aliphatic carbocycles. The van der Waals surface area contributed by atoms with Gasteiger partial charge in [-0.2, -0.15) is 13.2 Å². The van der Waals surface area contributed by atoms with Gasteiger partial charge in [-0.25, -0.2) is 9.37 Å².